The number of methoxy groups -OCH3 is 1. The molecular weight excluding hydrogens is 244 g/mol. The molecule has 17 heavy (non-hydrogen) atoms. The molecule has 0 aromatic heterocycles. The van der Waals surface area contributed by atoms with Crippen LogP contribution in [0, 0.1) is 0 Å². The van der Waals surface area contributed by atoms with Crippen molar-refractivity contribution in [3.8, 4) is 11.5 Å². The van der Waals surface area contributed by atoms with Gasteiger partial charge in [-0.3, -0.25) is 4.55 Å². The average molecular weight is 254 g/mol. The molecule has 0 aliphatic carbocycles. The Morgan fingerprint density at radius 3 is 2.53 bits per heavy atom. The van der Waals surface area contributed by atoms with Gasteiger partial charge in [0.25, 0.3) is 10.1 Å². The second-order valence-electron chi connectivity index (χ2n) is 3.48. The van der Waals surface area contributed by atoms with Crippen LogP contribution in [0.25, 0.3) is 10.8 Å². The van der Waals surface area contributed by atoms with E-state index >= 15 is 0 Å². The van der Waals surface area contributed by atoms with E-state index in [1.54, 1.807) is 18.2 Å². The first-order valence-corrected chi connectivity index (χ1v) is 6.14. The molecule has 0 radical (unpaired) electrons. The molecule has 0 aliphatic heterocycles. The summed E-state index contributed by atoms with van der Waals surface area (Å²) in [4.78, 5) is -0.351. The van der Waals surface area contributed by atoms with Crippen molar-refractivity contribution in [2.45, 2.75) is 4.90 Å². The van der Waals surface area contributed by atoms with Gasteiger partial charge in [-0.2, -0.15) is 8.42 Å². The SMILES string of the molecule is COc1cccc2cc(S(=O)(=O)O)cc(O)c12. The Morgan fingerprint density at radius 1 is 1.24 bits per heavy atom. The van der Waals surface area contributed by atoms with Gasteiger partial charge < -0.3 is 9.84 Å². The summed E-state index contributed by atoms with van der Waals surface area (Å²) < 4.78 is 36.0. The highest BCUT2D eigenvalue weighted by atomic mass is 32.2. The van der Waals surface area contributed by atoms with E-state index in [1.165, 1.54) is 13.2 Å². The minimum absolute atomic E-state index is 0.257. The maximum absolute atomic E-state index is 11.0. The van der Waals surface area contributed by atoms with Crippen molar-refractivity contribution in [1.29, 1.82) is 0 Å². The largest absolute Gasteiger partial charge is 0.507 e. The maximum atomic E-state index is 11.0. The molecular formula is C11H10O5S. The Morgan fingerprint density at radius 2 is 1.94 bits per heavy atom. The third-order valence-corrected chi connectivity index (χ3v) is 3.24. The Labute approximate surface area is 98.0 Å². The predicted octanol–water partition coefficient (Wildman–Crippen LogP) is 1.80. The number of phenolic OH excluding ortho intramolecular Hbond substituents is 1. The molecule has 0 heterocycles. The fourth-order valence-corrected chi connectivity index (χ4v) is 2.20. The fraction of sp³-hybridized carbons (Fsp3) is 0.0909. The molecule has 0 amide bonds. The summed E-state index contributed by atoms with van der Waals surface area (Å²) >= 11 is 0. The Hall–Kier alpha value is -1.79. The van der Waals surface area contributed by atoms with Crippen LogP contribution in [-0.2, 0) is 10.1 Å². The molecule has 0 saturated carbocycles. The molecule has 0 aliphatic rings. The lowest BCUT2D eigenvalue weighted by Crippen LogP contribution is -1.98. The minimum Gasteiger partial charge on any atom is -0.507 e. The van der Waals surface area contributed by atoms with Gasteiger partial charge in [0.2, 0.25) is 0 Å². The lowest BCUT2D eigenvalue weighted by molar-refractivity contribution is 0.415. The second kappa shape index (κ2) is 3.90. The van der Waals surface area contributed by atoms with Crippen molar-refractivity contribution < 1.29 is 22.8 Å². The van der Waals surface area contributed by atoms with E-state index < -0.39 is 10.1 Å². The summed E-state index contributed by atoms with van der Waals surface area (Å²) in [5, 5.41) is 10.6. The molecule has 0 spiro atoms. The van der Waals surface area contributed by atoms with Crippen LogP contribution in [0.4, 0.5) is 0 Å². The van der Waals surface area contributed by atoms with Crippen molar-refractivity contribution in [1.82, 2.24) is 0 Å². The van der Waals surface area contributed by atoms with E-state index in [-0.39, 0.29) is 10.6 Å². The van der Waals surface area contributed by atoms with Crippen LogP contribution < -0.4 is 4.74 Å². The highest BCUT2D eigenvalue weighted by molar-refractivity contribution is 7.85. The summed E-state index contributed by atoms with van der Waals surface area (Å²) in [6, 6.07) is 7.18. The fourth-order valence-electron chi connectivity index (χ4n) is 1.66. The molecule has 0 saturated heterocycles. The van der Waals surface area contributed by atoms with Gasteiger partial charge in [-0.25, -0.2) is 0 Å². The van der Waals surface area contributed by atoms with Gasteiger partial charge in [-0.05, 0) is 17.5 Å². The van der Waals surface area contributed by atoms with Gasteiger partial charge >= 0.3 is 0 Å². The van der Waals surface area contributed by atoms with Gasteiger partial charge in [-0.15, -0.1) is 0 Å². The second-order valence-corrected chi connectivity index (χ2v) is 4.90. The molecule has 0 unspecified atom stereocenters. The summed E-state index contributed by atoms with van der Waals surface area (Å²) in [6.45, 7) is 0. The first-order valence-electron chi connectivity index (χ1n) is 4.70. The maximum Gasteiger partial charge on any atom is 0.294 e. The lowest BCUT2D eigenvalue weighted by Gasteiger charge is -2.08. The molecule has 2 aromatic carbocycles. The molecule has 5 nitrogen and oxygen atoms in total. The van der Waals surface area contributed by atoms with Crippen LogP contribution in [0.15, 0.2) is 35.2 Å². The molecule has 2 aromatic rings. The third-order valence-electron chi connectivity index (χ3n) is 2.41. The number of hydrogen-bond donors (Lipinski definition) is 2. The van der Waals surface area contributed by atoms with Gasteiger partial charge in [0, 0.05) is 6.07 Å². The summed E-state index contributed by atoms with van der Waals surface area (Å²) in [7, 11) is -2.89. The summed E-state index contributed by atoms with van der Waals surface area (Å²) in [6.07, 6.45) is 0. The highest BCUT2D eigenvalue weighted by Crippen LogP contribution is 2.35. The number of rotatable bonds is 2. The van der Waals surface area contributed by atoms with Crippen molar-refractivity contribution in [3.63, 3.8) is 0 Å². The molecule has 0 fully saturated rings. The van der Waals surface area contributed by atoms with Crippen LogP contribution in [0.5, 0.6) is 11.5 Å². The van der Waals surface area contributed by atoms with Crippen LogP contribution in [0.3, 0.4) is 0 Å². The number of benzene rings is 2. The zero-order chi connectivity index (χ0) is 12.6. The number of fused-ring (bicyclic) bond motifs is 1. The van der Waals surface area contributed by atoms with E-state index in [0.29, 0.717) is 16.5 Å². The molecule has 0 bridgehead atoms. The quantitative estimate of drug-likeness (QED) is 0.798. The van der Waals surface area contributed by atoms with Gasteiger partial charge in [0.15, 0.2) is 0 Å². The normalized spacial score (nSPS) is 11.6. The Kier molecular flexibility index (Phi) is 2.68. The first kappa shape index (κ1) is 11.7. The molecule has 90 valence electrons. The van der Waals surface area contributed by atoms with Crippen LogP contribution >= 0.6 is 0 Å². The average Bonchev–Trinajstić information content (AvgIpc) is 2.26. The highest BCUT2D eigenvalue weighted by Gasteiger charge is 2.15. The van der Waals surface area contributed by atoms with Crippen LogP contribution in [0.2, 0.25) is 0 Å². The summed E-state index contributed by atoms with van der Waals surface area (Å²) in [5.74, 6) is 0.175. The molecule has 2 N–H and O–H groups in total. The zero-order valence-electron chi connectivity index (χ0n) is 8.91. The van der Waals surface area contributed by atoms with Gasteiger partial charge in [0.1, 0.15) is 11.5 Å². The van der Waals surface area contributed by atoms with Crippen LogP contribution in [0.1, 0.15) is 0 Å². The van der Waals surface area contributed by atoms with E-state index in [9.17, 15) is 13.5 Å². The monoisotopic (exact) mass is 254 g/mol. The van der Waals surface area contributed by atoms with Crippen LogP contribution in [-0.4, -0.2) is 25.2 Å². The van der Waals surface area contributed by atoms with E-state index in [2.05, 4.69) is 0 Å². The smallest absolute Gasteiger partial charge is 0.294 e. The number of phenols is 1. The predicted molar refractivity (Wildman–Crippen MR) is 62.0 cm³/mol. The van der Waals surface area contributed by atoms with Crippen molar-refractivity contribution in [3.05, 3.63) is 30.3 Å². The van der Waals surface area contributed by atoms with Gasteiger partial charge in [-0.1, -0.05) is 12.1 Å². The van der Waals surface area contributed by atoms with E-state index in [4.69, 9.17) is 9.29 Å². The van der Waals surface area contributed by atoms with Crippen molar-refractivity contribution >= 4 is 20.9 Å². The minimum atomic E-state index is -4.34. The molecule has 0 atom stereocenters. The zero-order valence-corrected chi connectivity index (χ0v) is 9.73. The lowest BCUT2D eigenvalue weighted by atomic mass is 10.1. The van der Waals surface area contributed by atoms with Crippen molar-refractivity contribution in [2.75, 3.05) is 7.11 Å². The van der Waals surface area contributed by atoms with E-state index in [0.717, 1.165) is 6.07 Å². The number of hydrogen-bond acceptors (Lipinski definition) is 4. The topological polar surface area (TPSA) is 83.8 Å². The Bertz CT molecular complexity index is 676. The third kappa shape index (κ3) is 2.04. The number of aromatic hydroxyl groups is 1. The van der Waals surface area contributed by atoms with Crippen molar-refractivity contribution in [2.24, 2.45) is 0 Å². The first-order chi connectivity index (χ1) is 7.93. The number of ether oxygens (including phenoxy) is 1. The van der Waals surface area contributed by atoms with Gasteiger partial charge in [0.05, 0.1) is 17.4 Å². The standard InChI is InChI=1S/C11H10O5S/c1-16-10-4-2-3-7-5-8(17(13,14)15)6-9(12)11(7)10/h2-6,12H,1H3,(H,13,14,15). The Balaban J connectivity index is 2.86. The summed E-state index contributed by atoms with van der Waals surface area (Å²) in [5.41, 5.74) is 0. The molecule has 2 rings (SSSR count). The molecule has 6 heteroatoms. The van der Waals surface area contributed by atoms with E-state index in [1.807, 2.05) is 0 Å².